The van der Waals surface area contributed by atoms with Gasteiger partial charge in [0.1, 0.15) is 6.54 Å². The predicted octanol–water partition coefficient (Wildman–Crippen LogP) is 3.58. The van der Waals surface area contributed by atoms with Crippen LogP contribution in [0.25, 0.3) is 10.9 Å². The number of nitrogens with two attached hydrogens (primary N) is 1. The molecule has 3 aromatic rings. The normalized spacial score (nSPS) is 11.7. The largest absolute Gasteiger partial charge is 0.370 e. The first-order chi connectivity index (χ1) is 12.0. The highest BCUT2D eigenvalue weighted by Crippen LogP contribution is 2.24. The van der Waals surface area contributed by atoms with Gasteiger partial charge in [-0.25, -0.2) is 4.99 Å². The summed E-state index contributed by atoms with van der Waals surface area (Å²) in [6, 6.07) is 15.0. The van der Waals surface area contributed by atoms with Crippen molar-refractivity contribution in [2.24, 2.45) is 10.7 Å². The first kappa shape index (κ1) is 17.3. The molecule has 2 aromatic carbocycles. The van der Waals surface area contributed by atoms with Crippen molar-refractivity contribution in [1.82, 2.24) is 9.88 Å². The fourth-order valence-corrected chi connectivity index (χ4v) is 3.02. The van der Waals surface area contributed by atoms with Crippen molar-refractivity contribution >= 4 is 46.0 Å². The monoisotopic (exact) mass is 374 g/mol. The number of nitrogens with one attached hydrogen (secondary N) is 1. The Morgan fingerprint density at radius 1 is 1.08 bits per heavy atom. The van der Waals surface area contributed by atoms with E-state index in [0.29, 0.717) is 15.6 Å². The smallest absolute Gasteiger partial charge is 0.246 e. The van der Waals surface area contributed by atoms with Crippen LogP contribution in [0, 0.1) is 0 Å². The molecule has 1 aromatic heterocycles. The molecule has 0 aliphatic rings. The number of aromatic nitrogens is 1. The van der Waals surface area contributed by atoms with Gasteiger partial charge in [0.05, 0.1) is 6.54 Å². The van der Waals surface area contributed by atoms with E-state index in [1.807, 2.05) is 41.1 Å². The second-order valence-corrected chi connectivity index (χ2v) is 6.27. The zero-order chi connectivity index (χ0) is 17.8. The van der Waals surface area contributed by atoms with Gasteiger partial charge in [-0.15, -0.1) is 0 Å². The third-order valence-corrected chi connectivity index (χ3v) is 4.44. The summed E-state index contributed by atoms with van der Waals surface area (Å²) < 4.78 is 1.85. The number of benzene rings is 2. The fourth-order valence-electron chi connectivity index (χ4n) is 2.50. The molecule has 0 bridgehead atoms. The van der Waals surface area contributed by atoms with E-state index >= 15 is 0 Å². The Hall–Kier alpha value is -2.50. The lowest BCUT2D eigenvalue weighted by Gasteiger charge is -2.08. The zero-order valence-electron chi connectivity index (χ0n) is 13.2. The Bertz CT molecular complexity index is 929. The number of hydrogen-bond donors (Lipinski definition) is 2. The van der Waals surface area contributed by atoms with E-state index in [2.05, 4.69) is 10.3 Å². The first-order valence-electron chi connectivity index (χ1n) is 7.61. The van der Waals surface area contributed by atoms with Crippen molar-refractivity contribution in [2.75, 3.05) is 0 Å². The first-order valence-corrected chi connectivity index (χ1v) is 8.37. The van der Waals surface area contributed by atoms with Crippen LogP contribution in [0.15, 0.2) is 59.7 Å². The van der Waals surface area contributed by atoms with Crippen molar-refractivity contribution in [3.05, 3.63) is 70.3 Å². The lowest BCUT2D eigenvalue weighted by atomic mass is 10.2. The summed E-state index contributed by atoms with van der Waals surface area (Å²) in [7, 11) is 0. The molecule has 3 N–H and O–H groups in total. The van der Waals surface area contributed by atoms with Gasteiger partial charge in [-0.05, 0) is 29.7 Å². The van der Waals surface area contributed by atoms with Crippen LogP contribution >= 0.6 is 23.2 Å². The third kappa shape index (κ3) is 4.13. The number of hydrogen-bond acceptors (Lipinski definition) is 2. The Balaban J connectivity index is 1.64. The molecule has 128 valence electrons. The average molecular weight is 375 g/mol. The van der Waals surface area contributed by atoms with E-state index in [4.69, 9.17) is 28.9 Å². The highest BCUT2D eigenvalue weighted by molar-refractivity contribution is 6.36. The molecule has 5 nitrogen and oxygen atoms in total. The van der Waals surface area contributed by atoms with Gasteiger partial charge in [0.25, 0.3) is 0 Å². The minimum absolute atomic E-state index is 0.0254. The van der Waals surface area contributed by atoms with Crippen molar-refractivity contribution in [3.63, 3.8) is 0 Å². The van der Waals surface area contributed by atoms with Crippen molar-refractivity contribution in [3.8, 4) is 0 Å². The van der Waals surface area contributed by atoms with Gasteiger partial charge in [-0.2, -0.15) is 0 Å². The molecule has 25 heavy (non-hydrogen) atoms. The second-order valence-electron chi connectivity index (χ2n) is 5.45. The minimum atomic E-state index is -0.257. The molecule has 0 atom stereocenters. The van der Waals surface area contributed by atoms with Gasteiger partial charge in [0.15, 0.2) is 5.96 Å². The number of halogens is 2. The van der Waals surface area contributed by atoms with Crippen LogP contribution in [0.3, 0.4) is 0 Å². The van der Waals surface area contributed by atoms with Crippen LogP contribution in [-0.4, -0.2) is 16.4 Å². The van der Waals surface area contributed by atoms with Crippen LogP contribution in [0.2, 0.25) is 10.0 Å². The predicted molar refractivity (Wildman–Crippen MR) is 102 cm³/mol. The van der Waals surface area contributed by atoms with Gasteiger partial charge in [0.2, 0.25) is 5.91 Å². The van der Waals surface area contributed by atoms with Gasteiger partial charge >= 0.3 is 0 Å². The average Bonchev–Trinajstić information content (AvgIpc) is 2.97. The van der Waals surface area contributed by atoms with E-state index in [1.54, 1.807) is 18.2 Å². The maximum atomic E-state index is 12.2. The Kier molecular flexibility index (Phi) is 5.26. The highest BCUT2D eigenvalue weighted by atomic mass is 35.5. The molecule has 7 heteroatoms. The topological polar surface area (TPSA) is 72.4 Å². The summed E-state index contributed by atoms with van der Waals surface area (Å²) in [6.07, 6.45) is 1.86. The number of fused-ring (bicyclic) bond motifs is 1. The van der Waals surface area contributed by atoms with Gasteiger partial charge in [-0.1, -0.05) is 47.5 Å². The maximum Gasteiger partial charge on any atom is 0.246 e. The zero-order valence-corrected chi connectivity index (χ0v) is 14.8. The number of para-hydroxylation sites is 1. The highest BCUT2D eigenvalue weighted by Gasteiger charge is 2.08. The summed E-state index contributed by atoms with van der Waals surface area (Å²) in [5.41, 5.74) is 7.44. The number of nitrogens with zero attached hydrogens (tertiary/aromatic N) is 2. The van der Waals surface area contributed by atoms with E-state index in [9.17, 15) is 4.79 Å². The van der Waals surface area contributed by atoms with E-state index < -0.39 is 0 Å². The number of rotatable bonds is 4. The summed E-state index contributed by atoms with van der Waals surface area (Å²) in [6.45, 7) is 0.341. The van der Waals surface area contributed by atoms with E-state index in [1.165, 1.54) is 0 Å². The molecule has 0 spiro atoms. The van der Waals surface area contributed by atoms with Crippen LogP contribution in [-0.2, 0) is 17.9 Å². The summed E-state index contributed by atoms with van der Waals surface area (Å²) in [4.78, 5) is 16.3. The van der Waals surface area contributed by atoms with Crippen molar-refractivity contribution in [2.45, 2.75) is 13.1 Å². The number of carbonyl (C=O) groups is 1. The molecule has 0 aliphatic carbocycles. The molecule has 1 heterocycles. The lowest BCUT2D eigenvalue weighted by Crippen LogP contribution is -2.38. The van der Waals surface area contributed by atoms with Crippen LogP contribution in [0.5, 0.6) is 0 Å². The summed E-state index contributed by atoms with van der Waals surface area (Å²) in [5.74, 6) is -0.231. The van der Waals surface area contributed by atoms with Crippen LogP contribution in [0.1, 0.15) is 5.56 Å². The van der Waals surface area contributed by atoms with Gasteiger partial charge < -0.3 is 10.3 Å². The number of carbonyl (C=O) groups excluding carboxylic acids is 1. The summed E-state index contributed by atoms with van der Waals surface area (Å²) in [5, 5.41) is 4.67. The summed E-state index contributed by atoms with van der Waals surface area (Å²) >= 11 is 12.2. The Labute approximate surface area is 155 Å². The molecule has 3 rings (SSSR count). The second kappa shape index (κ2) is 7.59. The molecule has 0 saturated carbocycles. The van der Waals surface area contributed by atoms with E-state index in [0.717, 1.165) is 10.9 Å². The minimum Gasteiger partial charge on any atom is -0.370 e. The van der Waals surface area contributed by atoms with Crippen molar-refractivity contribution in [1.29, 1.82) is 0 Å². The molecule has 0 unspecified atom stereocenters. The fraction of sp³-hybridized carbons (Fsp3) is 0.111. The van der Waals surface area contributed by atoms with Crippen LogP contribution < -0.4 is 11.1 Å². The van der Waals surface area contributed by atoms with Gasteiger partial charge in [-0.3, -0.25) is 10.1 Å². The Morgan fingerprint density at radius 2 is 1.80 bits per heavy atom. The number of aliphatic imine (C=N–C) groups is 1. The number of guanidine groups is 1. The van der Waals surface area contributed by atoms with Crippen LogP contribution in [0.4, 0.5) is 0 Å². The quantitative estimate of drug-likeness (QED) is 0.541. The standard InChI is InChI=1S/C18H16Cl2N4O/c19-14-5-3-6-15(20)13(14)10-22-18(21)23-17(25)11-24-9-8-12-4-1-2-7-16(12)24/h1-9H,10-11H2,(H3,21,22,23,25). The Morgan fingerprint density at radius 3 is 2.56 bits per heavy atom. The molecule has 1 amide bonds. The maximum absolute atomic E-state index is 12.2. The lowest BCUT2D eigenvalue weighted by molar-refractivity contribution is -0.120. The van der Waals surface area contributed by atoms with Gasteiger partial charge in [0, 0.05) is 27.3 Å². The molecule has 0 radical (unpaired) electrons. The third-order valence-electron chi connectivity index (χ3n) is 3.73. The number of amides is 1. The van der Waals surface area contributed by atoms with Crippen molar-refractivity contribution < 1.29 is 4.79 Å². The molecule has 0 aliphatic heterocycles. The van der Waals surface area contributed by atoms with E-state index in [-0.39, 0.29) is 25.0 Å². The molecule has 0 saturated heterocycles. The SMILES string of the molecule is NC(=NCc1c(Cl)cccc1Cl)NC(=O)Cn1ccc2ccccc21. The molecule has 0 fully saturated rings. The molecular formula is C18H16Cl2N4O. The molecular weight excluding hydrogens is 359 g/mol.